The van der Waals surface area contributed by atoms with Crippen LogP contribution in [0.4, 0.5) is 0 Å². The van der Waals surface area contributed by atoms with E-state index in [1.54, 1.807) is 4.57 Å². The molecule has 0 fully saturated rings. The Balaban J connectivity index is 2.32. The van der Waals surface area contributed by atoms with Gasteiger partial charge in [-0.1, -0.05) is 36.4 Å². The van der Waals surface area contributed by atoms with Crippen LogP contribution in [0.5, 0.6) is 0 Å². The average molecular weight is 255 g/mol. The lowest BCUT2D eigenvalue weighted by Crippen LogP contribution is -2.06. The van der Waals surface area contributed by atoms with Crippen molar-refractivity contribution in [3.05, 3.63) is 59.4 Å². The van der Waals surface area contributed by atoms with Crippen molar-refractivity contribution in [3.63, 3.8) is 0 Å². The normalized spacial score (nSPS) is 11.4. The summed E-state index contributed by atoms with van der Waals surface area (Å²) in [5, 5.41) is 0. The van der Waals surface area contributed by atoms with Gasteiger partial charge in [0, 0.05) is 13.2 Å². The van der Waals surface area contributed by atoms with Crippen molar-refractivity contribution in [1.29, 1.82) is 0 Å². The van der Waals surface area contributed by atoms with Crippen molar-refractivity contribution in [3.8, 4) is 0 Å². The number of allylic oxidation sites excluding steroid dienone is 1. The van der Waals surface area contributed by atoms with Crippen LogP contribution in [0.25, 0.3) is 11.6 Å². The largest absolute Gasteiger partial charge is 0.464 e. The number of benzene rings is 1. The molecule has 3 heteroatoms. The third-order valence-electron chi connectivity index (χ3n) is 3.04. The number of rotatable bonds is 3. The van der Waals surface area contributed by atoms with Gasteiger partial charge >= 0.3 is 5.97 Å². The Bertz CT molecular complexity index is 609. The molecule has 2 aromatic rings. The number of ether oxygens (including phenoxy) is 1. The van der Waals surface area contributed by atoms with Crippen LogP contribution in [0.15, 0.2) is 42.6 Å². The molecule has 0 amide bonds. The second-order valence-corrected chi connectivity index (χ2v) is 4.45. The van der Waals surface area contributed by atoms with Gasteiger partial charge in [-0.2, -0.15) is 0 Å². The highest BCUT2D eigenvalue weighted by molar-refractivity contribution is 5.90. The van der Waals surface area contributed by atoms with Gasteiger partial charge in [0.05, 0.1) is 7.11 Å². The molecule has 0 unspecified atom stereocenters. The molecule has 0 aliphatic carbocycles. The lowest BCUT2D eigenvalue weighted by Gasteiger charge is -1.98. The van der Waals surface area contributed by atoms with Gasteiger partial charge in [0.2, 0.25) is 0 Å². The van der Waals surface area contributed by atoms with Crippen molar-refractivity contribution >= 4 is 17.6 Å². The quantitative estimate of drug-likeness (QED) is 0.787. The maximum atomic E-state index is 11.6. The molecular weight excluding hydrogens is 238 g/mol. The van der Waals surface area contributed by atoms with Gasteiger partial charge in [-0.05, 0) is 29.7 Å². The van der Waals surface area contributed by atoms with Gasteiger partial charge in [0.1, 0.15) is 5.69 Å². The SMILES string of the molecule is COC(=O)c1cc(/C(C)=C/c2ccccc2)cn1C. The number of aryl methyl sites for hydroxylation is 1. The highest BCUT2D eigenvalue weighted by atomic mass is 16.5. The molecule has 19 heavy (non-hydrogen) atoms. The zero-order valence-electron chi connectivity index (χ0n) is 11.4. The van der Waals surface area contributed by atoms with E-state index >= 15 is 0 Å². The molecule has 0 aliphatic heterocycles. The van der Waals surface area contributed by atoms with Gasteiger partial charge in [-0.25, -0.2) is 4.79 Å². The highest BCUT2D eigenvalue weighted by Crippen LogP contribution is 2.20. The number of carbonyl (C=O) groups excluding carboxylic acids is 1. The minimum atomic E-state index is -0.318. The molecule has 0 N–H and O–H groups in total. The number of nitrogens with zero attached hydrogens (tertiary/aromatic N) is 1. The first-order valence-electron chi connectivity index (χ1n) is 6.10. The van der Waals surface area contributed by atoms with Crippen LogP contribution in [0, 0.1) is 0 Å². The lowest BCUT2D eigenvalue weighted by molar-refractivity contribution is 0.0590. The molecule has 0 atom stereocenters. The van der Waals surface area contributed by atoms with Crippen molar-refractivity contribution < 1.29 is 9.53 Å². The Hall–Kier alpha value is -2.29. The Morgan fingerprint density at radius 3 is 2.58 bits per heavy atom. The molecule has 0 aliphatic rings. The van der Waals surface area contributed by atoms with E-state index in [1.165, 1.54) is 7.11 Å². The standard InChI is InChI=1S/C16H17NO2/c1-12(9-13-7-5-4-6-8-13)14-10-15(16(18)19-3)17(2)11-14/h4-11H,1-3H3/b12-9+. The van der Waals surface area contributed by atoms with Gasteiger partial charge in [-0.15, -0.1) is 0 Å². The smallest absolute Gasteiger partial charge is 0.354 e. The second-order valence-electron chi connectivity index (χ2n) is 4.45. The van der Waals surface area contributed by atoms with Crippen LogP contribution in [0.2, 0.25) is 0 Å². The van der Waals surface area contributed by atoms with E-state index < -0.39 is 0 Å². The summed E-state index contributed by atoms with van der Waals surface area (Å²) in [6.07, 6.45) is 4.03. The van der Waals surface area contributed by atoms with E-state index in [4.69, 9.17) is 4.74 Å². The summed E-state index contributed by atoms with van der Waals surface area (Å²) in [4.78, 5) is 11.6. The van der Waals surface area contributed by atoms with Crippen molar-refractivity contribution in [2.45, 2.75) is 6.92 Å². The van der Waals surface area contributed by atoms with Gasteiger partial charge in [0.15, 0.2) is 0 Å². The summed E-state index contributed by atoms with van der Waals surface area (Å²) in [5.74, 6) is -0.318. The number of hydrogen-bond donors (Lipinski definition) is 0. The monoisotopic (exact) mass is 255 g/mol. The molecule has 1 heterocycles. The maximum absolute atomic E-state index is 11.6. The summed E-state index contributed by atoms with van der Waals surface area (Å²) < 4.78 is 6.53. The first-order chi connectivity index (χ1) is 9.11. The zero-order valence-corrected chi connectivity index (χ0v) is 11.4. The summed E-state index contributed by atoms with van der Waals surface area (Å²) in [7, 11) is 3.23. The average Bonchev–Trinajstić information content (AvgIpc) is 2.81. The van der Waals surface area contributed by atoms with Crippen LogP contribution in [0.3, 0.4) is 0 Å². The first-order valence-corrected chi connectivity index (χ1v) is 6.10. The van der Waals surface area contributed by atoms with Crippen LogP contribution >= 0.6 is 0 Å². The predicted octanol–water partition coefficient (Wildman–Crippen LogP) is 3.37. The summed E-state index contributed by atoms with van der Waals surface area (Å²) in [6, 6.07) is 11.9. The molecule has 0 spiro atoms. The fraction of sp³-hybridized carbons (Fsp3) is 0.188. The molecular formula is C16H17NO2. The van der Waals surface area contributed by atoms with E-state index in [2.05, 4.69) is 6.08 Å². The number of methoxy groups -OCH3 is 1. The molecule has 3 nitrogen and oxygen atoms in total. The zero-order chi connectivity index (χ0) is 13.8. The van der Waals surface area contributed by atoms with E-state index in [-0.39, 0.29) is 5.97 Å². The molecule has 0 bridgehead atoms. The molecule has 2 rings (SSSR count). The maximum Gasteiger partial charge on any atom is 0.354 e. The van der Waals surface area contributed by atoms with E-state index in [9.17, 15) is 4.79 Å². The van der Waals surface area contributed by atoms with Crippen LogP contribution in [-0.4, -0.2) is 17.6 Å². The summed E-state index contributed by atoms with van der Waals surface area (Å²) >= 11 is 0. The number of esters is 1. The minimum absolute atomic E-state index is 0.318. The number of aromatic nitrogens is 1. The lowest BCUT2D eigenvalue weighted by atomic mass is 10.1. The third kappa shape index (κ3) is 2.94. The minimum Gasteiger partial charge on any atom is -0.464 e. The number of carbonyl (C=O) groups is 1. The Labute approximate surface area is 113 Å². The molecule has 1 aromatic carbocycles. The van der Waals surface area contributed by atoms with Crippen molar-refractivity contribution in [2.24, 2.45) is 7.05 Å². The van der Waals surface area contributed by atoms with Gasteiger partial charge in [0.25, 0.3) is 0 Å². The highest BCUT2D eigenvalue weighted by Gasteiger charge is 2.12. The molecule has 0 saturated heterocycles. The van der Waals surface area contributed by atoms with Crippen molar-refractivity contribution in [2.75, 3.05) is 7.11 Å². The summed E-state index contributed by atoms with van der Waals surface area (Å²) in [5.41, 5.74) is 3.82. The Kier molecular flexibility index (Phi) is 3.85. The molecule has 98 valence electrons. The second kappa shape index (κ2) is 5.57. The fourth-order valence-electron chi connectivity index (χ4n) is 1.97. The van der Waals surface area contributed by atoms with E-state index in [0.29, 0.717) is 5.69 Å². The van der Waals surface area contributed by atoms with E-state index in [1.807, 2.05) is 56.6 Å². The van der Waals surface area contributed by atoms with E-state index in [0.717, 1.165) is 16.7 Å². The van der Waals surface area contributed by atoms with Gasteiger partial charge < -0.3 is 9.30 Å². The Morgan fingerprint density at radius 2 is 1.95 bits per heavy atom. The molecule has 1 aromatic heterocycles. The van der Waals surface area contributed by atoms with Crippen molar-refractivity contribution in [1.82, 2.24) is 4.57 Å². The topological polar surface area (TPSA) is 31.2 Å². The van der Waals surface area contributed by atoms with Crippen LogP contribution in [-0.2, 0) is 11.8 Å². The summed E-state index contributed by atoms with van der Waals surface area (Å²) in [6.45, 7) is 2.03. The Morgan fingerprint density at radius 1 is 1.26 bits per heavy atom. The first kappa shape index (κ1) is 13.1. The molecule has 0 radical (unpaired) electrons. The fourth-order valence-corrected chi connectivity index (χ4v) is 1.97. The third-order valence-corrected chi connectivity index (χ3v) is 3.04. The van der Waals surface area contributed by atoms with Gasteiger partial charge in [-0.3, -0.25) is 0 Å². The number of hydrogen-bond acceptors (Lipinski definition) is 2. The van der Waals surface area contributed by atoms with Crippen LogP contribution < -0.4 is 0 Å². The van der Waals surface area contributed by atoms with Crippen LogP contribution in [0.1, 0.15) is 28.5 Å². The predicted molar refractivity (Wildman–Crippen MR) is 76.7 cm³/mol. The molecule has 0 saturated carbocycles.